The molecule has 0 aliphatic heterocycles. The zero-order valence-corrected chi connectivity index (χ0v) is 8.97. The molecule has 0 aliphatic carbocycles. The minimum Gasteiger partial charge on any atom is -0.481 e. The SMILES string of the molecule is CCc1nc(C)cc(SCC(=O)O)n1. The number of carboxylic acids is 1. The molecule has 0 saturated heterocycles. The van der Waals surface area contributed by atoms with Crippen molar-refractivity contribution in [2.75, 3.05) is 5.75 Å². The highest BCUT2D eigenvalue weighted by molar-refractivity contribution is 7.99. The Balaban J connectivity index is 2.76. The average Bonchev–Trinajstić information content (AvgIpc) is 2.14. The third kappa shape index (κ3) is 3.33. The van der Waals surface area contributed by atoms with Gasteiger partial charge in [-0.15, -0.1) is 0 Å². The Bertz CT molecular complexity index is 342. The predicted octanol–water partition coefficient (Wildman–Crippen LogP) is 1.52. The molecule has 1 heterocycles. The number of aromatic nitrogens is 2. The summed E-state index contributed by atoms with van der Waals surface area (Å²) < 4.78 is 0. The van der Waals surface area contributed by atoms with Crippen LogP contribution in [0, 0.1) is 6.92 Å². The fourth-order valence-corrected chi connectivity index (χ4v) is 1.66. The molecule has 0 fully saturated rings. The molecule has 1 N–H and O–H groups in total. The van der Waals surface area contributed by atoms with E-state index in [1.165, 1.54) is 11.8 Å². The van der Waals surface area contributed by atoms with Crippen molar-refractivity contribution in [1.29, 1.82) is 0 Å². The Morgan fingerprint density at radius 2 is 2.29 bits per heavy atom. The van der Waals surface area contributed by atoms with Crippen molar-refractivity contribution in [1.82, 2.24) is 9.97 Å². The smallest absolute Gasteiger partial charge is 0.313 e. The number of rotatable bonds is 4. The van der Waals surface area contributed by atoms with E-state index in [1.807, 2.05) is 13.8 Å². The van der Waals surface area contributed by atoms with E-state index in [0.29, 0.717) is 0 Å². The quantitative estimate of drug-likeness (QED) is 0.605. The van der Waals surface area contributed by atoms with Crippen LogP contribution in [0.3, 0.4) is 0 Å². The molecule has 0 amide bonds. The van der Waals surface area contributed by atoms with Crippen molar-refractivity contribution < 1.29 is 9.90 Å². The van der Waals surface area contributed by atoms with Crippen molar-refractivity contribution >= 4 is 17.7 Å². The Kier molecular flexibility index (Phi) is 3.88. The lowest BCUT2D eigenvalue weighted by Gasteiger charge is -2.02. The molecule has 76 valence electrons. The second-order valence-electron chi connectivity index (χ2n) is 2.80. The second-order valence-corrected chi connectivity index (χ2v) is 3.80. The molecule has 0 aliphatic rings. The first kappa shape index (κ1) is 11.0. The summed E-state index contributed by atoms with van der Waals surface area (Å²) in [6, 6.07) is 1.80. The molecule has 1 rings (SSSR count). The maximum absolute atomic E-state index is 10.3. The van der Waals surface area contributed by atoms with Gasteiger partial charge in [0.2, 0.25) is 0 Å². The number of carbonyl (C=O) groups is 1. The van der Waals surface area contributed by atoms with Gasteiger partial charge >= 0.3 is 5.97 Å². The summed E-state index contributed by atoms with van der Waals surface area (Å²) in [5.41, 5.74) is 0.879. The van der Waals surface area contributed by atoms with Crippen LogP contribution < -0.4 is 0 Å². The van der Waals surface area contributed by atoms with Gasteiger partial charge in [-0.25, -0.2) is 9.97 Å². The predicted molar refractivity (Wildman–Crippen MR) is 54.5 cm³/mol. The monoisotopic (exact) mass is 212 g/mol. The molecule has 1 aromatic rings. The lowest BCUT2D eigenvalue weighted by Crippen LogP contribution is -2.01. The van der Waals surface area contributed by atoms with E-state index < -0.39 is 5.97 Å². The van der Waals surface area contributed by atoms with Gasteiger partial charge in [-0.3, -0.25) is 4.79 Å². The molecular weight excluding hydrogens is 200 g/mol. The van der Waals surface area contributed by atoms with Crippen LogP contribution in [-0.4, -0.2) is 26.8 Å². The first-order valence-electron chi connectivity index (χ1n) is 4.31. The lowest BCUT2D eigenvalue weighted by molar-refractivity contribution is -0.133. The summed E-state index contributed by atoms with van der Waals surface area (Å²) in [6.45, 7) is 3.85. The first-order valence-corrected chi connectivity index (χ1v) is 5.29. The standard InChI is InChI=1S/C9H12N2O2S/c1-3-7-10-6(2)4-8(11-7)14-5-9(12)13/h4H,3,5H2,1-2H3,(H,12,13). The number of aryl methyl sites for hydroxylation is 2. The fourth-order valence-electron chi connectivity index (χ4n) is 0.967. The highest BCUT2D eigenvalue weighted by Gasteiger charge is 2.03. The van der Waals surface area contributed by atoms with Gasteiger partial charge in [-0.2, -0.15) is 0 Å². The van der Waals surface area contributed by atoms with Crippen LogP contribution in [-0.2, 0) is 11.2 Å². The van der Waals surface area contributed by atoms with Gasteiger partial charge in [0, 0.05) is 12.1 Å². The topological polar surface area (TPSA) is 63.1 Å². The molecule has 0 bridgehead atoms. The van der Waals surface area contributed by atoms with Crippen molar-refractivity contribution in [3.63, 3.8) is 0 Å². The van der Waals surface area contributed by atoms with Crippen molar-refractivity contribution in [3.05, 3.63) is 17.6 Å². The molecule has 14 heavy (non-hydrogen) atoms. The molecule has 4 nitrogen and oxygen atoms in total. The van der Waals surface area contributed by atoms with Gasteiger partial charge in [0.15, 0.2) is 0 Å². The summed E-state index contributed by atoms with van der Waals surface area (Å²) in [6.07, 6.45) is 0.766. The molecule has 0 unspecified atom stereocenters. The van der Waals surface area contributed by atoms with Crippen LogP contribution in [0.15, 0.2) is 11.1 Å². The van der Waals surface area contributed by atoms with Gasteiger partial charge in [-0.1, -0.05) is 18.7 Å². The van der Waals surface area contributed by atoms with Gasteiger partial charge in [0.05, 0.1) is 5.75 Å². The molecule has 0 spiro atoms. The fraction of sp³-hybridized carbons (Fsp3) is 0.444. The van der Waals surface area contributed by atoms with Gasteiger partial charge < -0.3 is 5.11 Å². The number of hydrogen-bond donors (Lipinski definition) is 1. The van der Waals surface area contributed by atoms with Gasteiger partial charge in [-0.05, 0) is 13.0 Å². The molecule has 5 heteroatoms. The molecule has 0 saturated carbocycles. The molecule has 0 aromatic carbocycles. The van der Waals surface area contributed by atoms with E-state index in [4.69, 9.17) is 5.11 Å². The Morgan fingerprint density at radius 3 is 2.86 bits per heavy atom. The normalized spacial score (nSPS) is 10.1. The largest absolute Gasteiger partial charge is 0.481 e. The lowest BCUT2D eigenvalue weighted by atomic mass is 10.4. The second kappa shape index (κ2) is 4.95. The van der Waals surface area contributed by atoms with Crippen LogP contribution in [0.1, 0.15) is 18.4 Å². The maximum Gasteiger partial charge on any atom is 0.313 e. The van der Waals surface area contributed by atoms with Gasteiger partial charge in [0.25, 0.3) is 0 Å². The average molecular weight is 212 g/mol. The third-order valence-electron chi connectivity index (χ3n) is 1.54. The first-order chi connectivity index (χ1) is 6.61. The van der Waals surface area contributed by atoms with Crippen LogP contribution >= 0.6 is 11.8 Å². The number of aliphatic carboxylic acids is 1. The Morgan fingerprint density at radius 1 is 1.57 bits per heavy atom. The Labute approximate surface area is 86.8 Å². The third-order valence-corrected chi connectivity index (χ3v) is 2.43. The number of nitrogens with zero attached hydrogens (tertiary/aromatic N) is 2. The number of thioether (sulfide) groups is 1. The van der Waals surface area contributed by atoms with Crippen LogP contribution in [0.25, 0.3) is 0 Å². The van der Waals surface area contributed by atoms with Gasteiger partial charge in [0.1, 0.15) is 10.9 Å². The summed E-state index contributed by atoms with van der Waals surface area (Å²) in [7, 11) is 0. The van der Waals surface area contributed by atoms with Crippen LogP contribution in [0.4, 0.5) is 0 Å². The van der Waals surface area contributed by atoms with Crippen LogP contribution in [0.2, 0.25) is 0 Å². The molecular formula is C9H12N2O2S. The van der Waals surface area contributed by atoms with Crippen molar-refractivity contribution in [3.8, 4) is 0 Å². The van der Waals surface area contributed by atoms with E-state index in [0.717, 1.165) is 23.0 Å². The van der Waals surface area contributed by atoms with E-state index in [9.17, 15) is 4.79 Å². The summed E-state index contributed by atoms with van der Waals surface area (Å²) in [5.74, 6) is -0.0261. The minimum atomic E-state index is -0.829. The van der Waals surface area contributed by atoms with Crippen molar-refractivity contribution in [2.45, 2.75) is 25.3 Å². The van der Waals surface area contributed by atoms with E-state index in [2.05, 4.69) is 9.97 Å². The molecule has 0 radical (unpaired) electrons. The van der Waals surface area contributed by atoms with E-state index >= 15 is 0 Å². The Hall–Kier alpha value is -1.10. The summed E-state index contributed by atoms with van der Waals surface area (Å²) in [4.78, 5) is 18.8. The number of carboxylic acid groups (broad SMARTS) is 1. The van der Waals surface area contributed by atoms with Crippen LogP contribution in [0.5, 0.6) is 0 Å². The summed E-state index contributed by atoms with van der Waals surface area (Å²) >= 11 is 1.22. The van der Waals surface area contributed by atoms with E-state index in [-0.39, 0.29) is 5.75 Å². The zero-order chi connectivity index (χ0) is 10.6. The highest BCUT2D eigenvalue weighted by atomic mass is 32.2. The summed E-state index contributed by atoms with van der Waals surface area (Å²) in [5, 5.41) is 9.24. The molecule has 0 atom stereocenters. The zero-order valence-electron chi connectivity index (χ0n) is 8.15. The number of hydrogen-bond acceptors (Lipinski definition) is 4. The maximum atomic E-state index is 10.3. The highest BCUT2D eigenvalue weighted by Crippen LogP contribution is 2.15. The molecule has 1 aromatic heterocycles. The van der Waals surface area contributed by atoms with E-state index in [1.54, 1.807) is 6.07 Å². The minimum absolute atomic E-state index is 0.0413. The van der Waals surface area contributed by atoms with Crippen molar-refractivity contribution in [2.24, 2.45) is 0 Å².